The van der Waals surface area contributed by atoms with Gasteiger partial charge >= 0.3 is 0 Å². The van der Waals surface area contributed by atoms with E-state index < -0.39 is 0 Å². The van der Waals surface area contributed by atoms with Gasteiger partial charge in [-0.2, -0.15) is 4.99 Å². The normalized spacial score (nSPS) is 11.2. The van der Waals surface area contributed by atoms with Crippen molar-refractivity contribution in [3.8, 4) is 0 Å². The summed E-state index contributed by atoms with van der Waals surface area (Å²) < 4.78 is 0. The SMILES string of the molecule is NC(N)=NC(N)=NCc1cnc[nH]1. The van der Waals surface area contributed by atoms with Gasteiger partial charge in [0.2, 0.25) is 5.96 Å². The molecule has 0 spiro atoms. The molecule has 0 atom stereocenters. The second-order valence-electron chi connectivity index (χ2n) is 2.29. The van der Waals surface area contributed by atoms with E-state index in [1.807, 2.05) is 0 Å². The van der Waals surface area contributed by atoms with Crippen LogP contribution in [0, 0.1) is 0 Å². The average molecular weight is 181 g/mol. The predicted octanol–water partition coefficient (Wildman–Crippen LogP) is -1.50. The monoisotopic (exact) mass is 181 g/mol. The third-order valence-electron chi connectivity index (χ3n) is 1.21. The van der Waals surface area contributed by atoms with Crippen LogP contribution in [0.2, 0.25) is 0 Å². The van der Waals surface area contributed by atoms with Gasteiger partial charge in [-0.25, -0.2) is 9.98 Å². The lowest BCUT2D eigenvalue weighted by atomic mass is 10.5. The van der Waals surface area contributed by atoms with Crippen molar-refractivity contribution in [2.24, 2.45) is 27.2 Å². The van der Waals surface area contributed by atoms with E-state index in [1.165, 1.54) is 0 Å². The van der Waals surface area contributed by atoms with Crippen LogP contribution in [0.1, 0.15) is 5.69 Å². The maximum Gasteiger partial charge on any atom is 0.218 e. The zero-order valence-electron chi connectivity index (χ0n) is 6.94. The third-order valence-corrected chi connectivity index (χ3v) is 1.21. The van der Waals surface area contributed by atoms with Gasteiger partial charge < -0.3 is 22.2 Å². The van der Waals surface area contributed by atoms with Gasteiger partial charge in [-0.1, -0.05) is 0 Å². The Labute approximate surface area is 74.8 Å². The summed E-state index contributed by atoms with van der Waals surface area (Å²) in [7, 11) is 0. The molecule has 7 N–H and O–H groups in total. The Kier molecular flexibility index (Phi) is 2.85. The lowest BCUT2D eigenvalue weighted by molar-refractivity contribution is 1.00. The fraction of sp³-hybridized carbons (Fsp3) is 0.167. The summed E-state index contributed by atoms with van der Waals surface area (Å²) in [6, 6.07) is 0. The molecule has 1 heterocycles. The molecule has 7 nitrogen and oxygen atoms in total. The highest BCUT2D eigenvalue weighted by Crippen LogP contribution is 1.92. The lowest BCUT2D eigenvalue weighted by Crippen LogP contribution is -2.26. The number of aromatic nitrogens is 2. The molecule has 70 valence electrons. The number of aliphatic imine (C=N–C) groups is 2. The fourth-order valence-electron chi connectivity index (χ4n) is 0.705. The number of hydrogen-bond acceptors (Lipinski definition) is 2. The Bertz CT molecular complexity index is 306. The Morgan fingerprint density at radius 1 is 1.46 bits per heavy atom. The second kappa shape index (κ2) is 4.10. The molecule has 0 bridgehead atoms. The molecule has 0 aromatic carbocycles. The molecule has 0 radical (unpaired) electrons. The van der Waals surface area contributed by atoms with Crippen LogP contribution in [0.4, 0.5) is 0 Å². The molecular weight excluding hydrogens is 170 g/mol. The van der Waals surface area contributed by atoms with E-state index in [9.17, 15) is 0 Å². The summed E-state index contributed by atoms with van der Waals surface area (Å²) in [6.07, 6.45) is 3.20. The Balaban J connectivity index is 2.53. The fourth-order valence-corrected chi connectivity index (χ4v) is 0.705. The van der Waals surface area contributed by atoms with E-state index in [0.717, 1.165) is 5.69 Å². The molecule has 1 rings (SSSR count). The smallest absolute Gasteiger partial charge is 0.218 e. The van der Waals surface area contributed by atoms with Crippen LogP contribution in [0.15, 0.2) is 22.5 Å². The largest absolute Gasteiger partial charge is 0.370 e. The van der Waals surface area contributed by atoms with E-state index in [1.54, 1.807) is 12.5 Å². The number of H-pyrrole nitrogens is 1. The standard InChI is InChI=1S/C6H11N7/c7-5(8)13-6(9)11-2-4-1-10-3-12-4/h1,3H,2H2,(H,10,12)(H6,7,8,9,11,13). The van der Waals surface area contributed by atoms with Crippen LogP contribution in [-0.2, 0) is 6.54 Å². The highest BCUT2D eigenvalue weighted by Gasteiger charge is 1.92. The Hall–Kier alpha value is -2.05. The van der Waals surface area contributed by atoms with Crippen molar-refractivity contribution in [1.82, 2.24) is 9.97 Å². The molecule has 0 saturated heterocycles. The summed E-state index contributed by atoms with van der Waals surface area (Å²) in [5.74, 6) is -0.0551. The first-order valence-electron chi connectivity index (χ1n) is 3.55. The number of rotatable bonds is 2. The van der Waals surface area contributed by atoms with E-state index in [2.05, 4.69) is 20.0 Å². The first kappa shape index (κ1) is 9.04. The number of guanidine groups is 2. The third kappa shape index (κ3) is 3.23. The number of nitrogens with zero attached hydrogens (tertiary/aromatic N) is 3. The van der Waals surface area contributed by atoms with E-state index in [-0.39, 0.29) is 11.9 Å². The van der Waals surface area contributed by atoms with Gasteiger partial charge in [-0.05, 0) is 0 Å². The molecule has 0 fully saturated rings. The minimum atomic E-state index is -0.106. The lowest BCUT2D eigenvalue weighted by Gasteiger charge is -1.93. The van der Waals surface area contributed by atoms with E-state index >= 15 is 0 Å². The van der Waals surface area contributed by atoms with Gasteiger partial charge in [-0.15, -0.1) is 0 Å². The van der Waals surface area contributed by atoms with Gasteiger partial charge in [0.05, 0.1) is 18.6 Å². The second-order valence-corrected chi connectivity index (χ2v) is 2.29. The average Bonchev–Trinajstić information content (AvgIpc) is 2.51. The minimum absolute atomic E-state index is 0.0506. The number of aromatic amines is 1. The highest BCUT2D eigenvalue weighted by atomic mass is 15.1. The number of nitrogens with one attached hydrogen (secondary N) is 1. The van der Waals surface area contributed by atoms with Crippen molar-refractivity contribution >= 4 is 11.9 Å². The first-order chi connectivity index (χ1) is 6.18. The van der Waals surface area contributed by atoms with Gasteiger partial charge in [-0.3, -0.25) is 0 Å². The zero-order valence-corrected chi connectivity index (χ0v) is 6.94. The van der Waals surface area contributed by atoms with Gasteiger partial charge in [0.1, 0.15) is 0 Å². The summed E-state index contributed by atoms with van der Waals surface area (Å²) in [6.45, 7) is 0.378. The number of hydrogen-bond donors (Lipinski definition) is 4. The molecule has 0 aliphatic rings. The van der Waals surface area contributed by atoms with Gasteiger partial charge in [0.15, 0.2) is 5.96 Å². The number of imidazole rings is 1. The van der Waals surface area contributed by atoms with Crippen molar-refractivity contribution in [1.29, 1.82) is 0 Å². The maximum atomic E-state index is 5.36. The van der Waals surface area contributed by atoms with Gasteiger partial charge in [0.25, 0.3) is 0 Å². The van der Waals surface area contributed by atoms with Crippen LogP contribution in [-0.4, -0.2) is 21.9 Å². The summed E-state index contributed by atoms with van der Waals surface area (Å²) in [5, 5.41) is 0. The summed E-state index contributed by atoms with van der Waals surface area (Å²) in [4.78, 5) is 14.1. The molecule has 0 unspecified atom stereocenters. The molecule has 0 amide bonds. The molecular formula is C6H11N7. The molecule has 1 aromatic heterocycles. The minimum Gasteiger partial charge on any atom is -0.370 e. The van der Waals surface area contributed by atoms with E-state index in [0.29, 0.717) is 6.54 Å². The van der Waals surface area contributed by atoms with Crippen molar-refractivity contribution in [2.45, 2.75) is 6.54 Å². The van der Waals surface area contributed by atoms with Gasteiger partial charge in [0, 0.05) is 6.20 Å². The predicted molar refractivity (Wildman–Crippen MR) is 49.7 cm³/mol. The molecule has 0 saturated carbocycles. The van der Waals surface area contributed by atoms with Crippen LogP contribution in [0.3, 0.4) is 0 Å². The Morgan fingerprint density at radius 2 is 2.23 bits per heavy atom. The van der Waals surface area contributed by atoms with Crippen molar-refractivity contribution in [3.63, 3.8) is 0 Å². The Morgan fingerprint density at radius 3 is 2.77 bits per heavy atom. The van der Waals surface area contributed by atoms with Crippen LogP contribution >= 0.6 is 0 Å². The summed E-state index contributed by atoms with van der Waals surface area (Å²) in [5.41, 5.74) is 16.4. The zero-order chi connectivity index (χ0) is 9.68. The van der Waals surface area contributed by atoms with Crippen molar-refractivity contribution in [3.05, 3.63) is 18.2 Å². The molecule has 1 aromatic rings. The van der Waals surface area contributed by atoms with Crippen molar-refractivity contribution in [2.75, 3.05) is 0 Å². The molecule has 0 aliphatic carbocycles. The first-order valence-corrected chi connectivity index (χ1v) is 3.55. The van der Waals surface area contributed by atoms with Crippen LogP contribution in [0.5, 0.6) is 0 Å². The van der Waals surface area contributed by atoms with Crippen LogP contribution < -0.4 is 17.2 Å². The van der Waals surface area contributed by atoms with Crippen LogP contribution in [0.25, 0.3) is 0 Å². The maximum absolute atomic E-state index is 5.36. The van der Waals surface area contributed by atoms with Crippen molar-refractivity contribution < 1.29 is 0 Å². The molecule has 7 heteroatoms. The number of nitrogens with two attached hydrogens (primary N) is 3. The quantitative estimate of drug-likeness (QED) is 0.326. The highest BCUT2D eigenvalue weighted by molar-refractivity contribution is 5.92. The molecule has 13 heavy (non-hydrogen) atoms. The topological polar surface area (TPSA) is 131 Å². The summed E-state index contributed by atoms with van der Waals surface area (Å²) >= 11 is 0. The van der Waals surface area contributed by atoms with E-state index in [4.69, 9.17) is 17.2 Å². The molecule has 0 aliphatic heterocycles.